The number of rotatable bonds is 4. The summed E-state index contributed by atoms with van der Waals surface area (Å²) in [5.41, 5.74) is 5.93. The van der Waals surface area contributed by atoms with Gasteiger partial charge in [0, 0.05) is 12.8 Å². The van der Waals surface area contributed by atoms with Crippen LogP contribution in [0.5, 0.6) is 5.75 Å². The molecule has 3 N–H and O–H groups in total. The van der Waals surface area contributed by atoms with Gasteiger partial charge in [0.15, 0.2) is 0 Å². The predicted molar refractivity (Wildman–Crippen MR) is 54.7 cm³/mol. The molecule has 1 aromatic carbocycles. The topological polar surface area (TPSA) is 81.8 Å². The first-order chi connectivity index (χ1) is 7.15. The second-order valence-corrected chi connectivity index (χ2v) is 2.91. The van der Waals surface area contributed by atoms with Gasteiger partial charge in [-0.15, -0.1) is 0 Å². The Labute approximate surface area is 87.4 Å². The molecule has 82 valence electrons. The maximum Gasteiger partial charge on any atom is 0.342 e. The number of methoxy groups -OCH3 is 1. The number of benzene rings is 1. The first kappa shape index (κ1) is 11.3. The van der Waals surface area contributed by atoms with Crippen LogP contribution in [0.3, 0.4) is 0 Å². The van der Waals surface area contributed by atoms with E-state index in [4.69, 9.17) is 15.2 Å². The molecule has 0 atom stereocenters. The molecule has 0 heterocycles. The van der Waals surface area contributed by atoms with Gasteiger partial charge in [0.25, 0.3) is 0 Å². The van der Waals surface area contributed by atoms with Crippen molar-refractivity contribution >= 4 is 11.7 Å². The molecule has 0 unspecified atom stereocenters. The molecule has 0 saturated heterocycles. The molecule has 1 rings (SSSR count). The van der Waals surface area contributed by atoms with Crippen molar-refractivity contribution in [3.8, 4) is 5.75 Å². The SMILES string of the molecule is COCCOC(=O)c1cc(N)ccc1O. The standard InChI is InChI=1S/C10H13NO4/c1-14-4-5-15-10(13)8-6-7(11)2-3-9(8)12/h2-3,6,12H,4-5,11H2,1H3. The van der Waals surface area contributed by atoms with Crippen LogP contribution >= 0.6 is 0 Å². The Morgan fingerprint density at radius 3 is 2.87 bits per heavy atom. The summed E-state index contributed by atoms with van der Waals surface area (Å²) in [6, 6.07) is 4.22. The lowest BCUT2D eigenvalue weighted by molar-refractivity contribution is 0.0385. The molecule has 5 nitrogen and oxygen atoms in total. The van der Waals surface area contributed by atoms with E-state index in [2.05, 4.69) is 0 Å². The third-order valence-corrected chi connectivity index (χ3v) is 1.76. The van der Waals surface area contributed by atoms with Gasteiger partial charge in [0.2, 0.25) is 0 Å². The summed E-state index contributed by atoms with van der Waals surface area (Å²) in [6.07, 6.45) is 0. The minimum Gasteiger partial charge on any atom is -0.507 e. The van der Waals surface area contributed by atoms with Gasteiger partial charge in [-0.3, -0.25) is 0 Å². The number of hydrogen-bond donors (Lipinski definition) is 2. The van der Waals surface area contributed by atoms with E-state index in [1.807, 2.05) is 0 Å². The lowest BCUT2D eigenvalue weighted by Gasteiger charge is -2.06. The van der Waals surface area contributed by atoms with Crippen LogP contribution in [0.1, 0.15) is 10.4 Å². The van der Waals surface area contributed by atoms with E-state index < -0.39 is 5.97 Å². The second-order valence-electron chi connectivity index (χ2n) is 2.91. The van der Waals surface area contributed by atoms with Crippen LogP contribution < -0.4 is 5.73 Å². The van der Waals surface area contributed by atoms with E-state index in [1.165, 1.54) is 25.3 Å². The molecular formula is C10H13NO4. The number of anilines is 1. The maximum atomic E-state index is 11.4. The molecule has 0 amide bonds. The first-order valence-corrected chi connectivity index (χ1v) is 4.39. The molecule has 0 saturated carbocycles. The van der Waals surface area contributed by atoms with Gasteiger partial charge in [-0.05, 0) is 18.2 Å². The Balaban J connectivity index is 2.68. The average molecular weight is 211 g/mol. The van der Waals surface area contributed by atoms with Crippen molar-refractivity contribution in [3.05, 3.63) is 23.8 Å². The van der Waals surface area contributed by atoms with Gasteiger partial charge in [-0.25, -0.2) is 4.79 Å². The number of phenols is 1. The molecule has 15 heavy (non-hydrogen) atoms. The zero-order valence-corrected chi connectivity index (χ0v) is 8.40. The summed E-state index contributed by atoms with van der Waals surface area (Å²) < 4.78 is 9.54. The number of carbonyl (C=O) groups is 1. The van der Waals surface area contributed by atoms with Gasteiger partial charge in [-0.1, -0.05) is 0 Å². The zero-order valence-electron chi connectivity index (χ0n) is 8.40. The first-order valence-electron chi connectivity index (χ1n) is 4.39. The van der Waals surface area contributed by atoms with E-state index in [1.54, 1.807) is 0 Å². The summed E-state index contributed by atoms with van der Waals surface area (Å²) in [5, 5.41) is 9.37. The monoisotopic (exact) mass is 211 g/mol. The molecule has 0 fully saturated rings. The van der Waals surface area contributed by atoms with Crippen molar-refractivity contribution in [2.75, 3.05) is 26.1 Å². The number of ether oxygens (including phenoxy) is 2. The van der Waals surface area contributed by atoms with E-state index in [9.17, 15) is 9.90 Å². The van der Waals surface area contributed by atoms with Gasteiger partial charge >= 0.3 is 5.97 Å². The molecule has 0 radical (unpaired) electrons. The molecule has 1 aromatic rings. The van der Waals surface area contributed by atoms with Crippen LogP contribution in [0.4, 0.5) is 5.69 Å². The number of hydrogen-bond acceptors (Lipinski definition) is 5. The molecule has 0 aromatic heterocycles. The summed E-state index contributed by atoms with van der Waals surface area (Å²) in [4.78, 5) is 11.4. The van der Waals surface area contributed by atoms with Crippen molar-refractivity contribution in [3.63, 3.8) is 0 Å². The van der Waals surface area contributed by atoms with Crippen molar-refractivity contribution in [2.24, 2.45) is 0 Å². The summed E-state index contributed by atoms with van der Waals surface area (Å²) in [5.74, 6) is -0.761. The molecular weight excluding hydrogens is 198 g/mol. The highest BCUT2D eigenvalue weighted by Gasteiger charge is 2.12. The Morgan fingerprint density at radius 2 is 2.20 bits per heavy atom. The van der Waals surface area contributed by atoms with Gasteiger partial charge in [0.1, 0.15) is 17.9 Å². The number of nitrogen functional groups attached to an aromatic ring is 1. The van der Waals surface area contributed by atoms with Crippen molar-refractivity contribution in [1.29, 1.82) is 0 Å². The number of carbonyl (C=O) groups excluding carboxylic acids is 1. The van der Waals surface area contributed by atoms with Gasteiger partial charge in [0.05, 0.1) is 6.61 Å². The van der Waals surface area contributed by atoms with Crippen molar-refractivity contribution in [1.82, 2.24) is 0 Å². The molecule has 5 heteroatoms. The van der Waals surface area contributed by atoms with Gasteiger partial charge < -0.3 is 20.3 Å². The Hall–Kier alpha value is -1.75. The van der Waals surface area contributed by atoms with Crippen LogP contribution in [0.15, 0.2) is 18.2 Å². The van der Waals surface area contributed by atoms with E-state index in [0.717, 1.165) is 0 Å². The lowest BCUT2D eigenvalue weighted by Crippen LogP contribution is -2.10. The third kappa shape index (κ3) is 3.14. The largest absolute Gasteiger partial charge is 0.507 e. The molecule has 0 aliphatic heterocycles. The van der Waals surface area contributed by atoms with Gasteiger partial charge in [-0.2, -0.15) is 0 Å². The minimum absolute atomic E-state index is 0.0612. The Bertz CT molecular complexity index is 351. The summed E-state index contributed by atoms with van der Waals surface area (Å²) in [6.45, 7) is 0.457. The highest BCUT2D eigenvalue weighted by molar-refractivity contribution is 5.93. The number of nitrogens with two attached hydrogens (primary N) is 1. The number of aromatic hydroxyl groups is 1. The average Bonchev–Trinajstić information content (AvgIpc) is 2.22. The number of phenolic OH excluding ortho intramolecular Hbond substituents is 1. The Morgan fingerprint density at radius 1 is 1.47 bits per heavy atom. The van der Waals surface area contributed by atoms with E-state index >= 15 is 0 Å². The zero-order chi connectivity index (χ0) is 11.3. The third-order valence-electron chi connectivity index (χ3n) is 1.76. The fraction of sp³-hybridized carbons (Fsp3) is 0.300. The fourth-order valence-electron chi connectivity index (χ4n) is 1.01. The molecule has 0 aliphatic carbocycles. The Kier molecular flexibility index (Phi) is 3.93. The normalized spacial score (nSPS) is 9.93. The lowest BCUT2D eigenvalue weighted by atomic mass is 10.2. The fourth-order valence-corrected chi connectivity index (χ4v) is 1.01. The van der Waals surface area contributed by atoms with Crippen LogP contribution in [-0.4, -0.2) is 31.4 Å². The predicted octanol–water partition coefficient (Wildman–Crippen LogP) is 0.778. The van der Waals surface area contributed by atoms with Crippen LogP contribution in [0, 0.1) is 0 Å². The van der Waals surface area contributed by atoms with Crippen LogP contribution in [-0.2, 0) is 9.47 Å². The second kappa shape index (κ2) is 5.21. The highest BCUT2D eigenvalue weighted by atomic mass is 16.6. The maximum absolute atomic E-state index is 11.4. The van der Waals surface area contributed by atoms with Crippen molar-refractivity contribution in [2.45, 2.75) is 0 Å². The summed E-state index contributed by atoms with van der Waals surface area (Å²) >= 11 is 0. The van der Waals surface area contributed by atoms with Crippen LogP contribution in [0.25, 0.3) is 0 Å². The van der Waals surface area contributed by atoms with Crippen molar-refractivity contribution < 1.29 is 19.4 Å². The minimum atomic E-state index is -0.614. The highest BCUT2D eigenvalue weighted by Crippen LogP contribution is 2.20. The molecule has 0 bridgehead atoms. The number of esters is 1. The molecule has 0 spiro atoms. The quantitative estimate of drug-likeness (QED) is 0.333. The molecule has 0 aliphatic rings. The summed E-state index contributed by atoms with van der Waals surface area (Å²) in [7, 11) is 1.51. The van der Waals surface area contributed by atoms with Crippen LogP contribution in [0.2, 0.25) is 0 Å². The smallest absolute Gasteiger partial charge is 0.342 e. The van der Waals surface area contributed by atoms with E-state index in [0.29, 0.717) is 12.3 Å². The van der Waals surface area contributed by atoms with E-state index in [-0.39, 0.29) is 17.9 Å².